The molecule has 62 heavy (non-hydrogen) atoms. The molecule has 0 fully saturated rings. The van der Waals surface area contributed by atoms with Crippen molar-refractivity contribution in [2.75, 3.05) is 9.80 Å². The third-order valence-electron chi connectivity index (χ3n) is 14.1. The van der Waals surface area contributed by atoms with Gasteiger partial charge in [0.05, 0.1) is 16.9 Å². The second-order valence-electron chi connectivity index (χ2n) is 19.7. The quantitative estimate of drug-likeness (QED) is 0.168. The second-order valence-corrected chi connectivity index (χ2v) is 19.7. The Morgan fingerprint density at radius 1 is 0.597 bits per heavy atom. The monoisotopic (exact) mass is 812 g/mol. The van der Waals surface area contributed by atoms with E-state index in [1.807, 2.05) is 6.20 Å². The van der Waals surface area contributed by atoms with Crippen molar-refractivity contribution in [3.05, 3.63) is 196 Å². The molecule has 7 aromatic rings. The third kappa shape index (κ3) is 6.11. The number of rotatable bonds is 6. The van der Waals surface area contributed by atoms with Gasteiger partial charge in [0.15, 0.2) is 0 Å². The van der Waals surface area contributed by atoms with Crippen LogP contribution in [0.4, 0.5) is 22.9 Å². The molecule has 1 aromatic heterocycles. The topological polar surface area (TPSA) is 41.0 Å². The summed E-state index contributed by atoms with van der Waals surface area (Å²) in [5.41, 5.74) is 15.7. The van der Waals surface area contributed by atoms with Gasteiger partial charge in [-0.15, -0.1) is 0 Å². The van der Waals surface area contributed by atoms with E-state index in [1.165, 1.54) is 50.2 Å². The molecule has 3 aliphatic rings. The molecule has 310 valence electrons. The van der Waals surface area contributed by atoms with Gasteiger partial charge in [-0.3, -0.25) is 9.89 Å². The maximum atomic E-state index is 7.11. The van der Waals surface area contributed by atoms with Crippen LogP contribution in [-0.4, -0.2) is 16.4 Å². The molecule has 0 spiro atoms. The Morgan fingerprint density at radius 2 is 1.26 bits per heavy atom. The van der Waals surface area contributed by atoms with Crippen molar-refractivity contribution in [1.82, 2.24) is 4.98 Å². The highest BCUT2D eigenvalue weighted by Crippen LogP contribution is 2.57. The van der Waals surface area contributed by atoms with Gasteiger partial charge in [0, 0.05) is 28.9 Å². The Morgan fingerprint density at radius 3 is 2.00 bits per heavy atom. The standard InChI is InChI=1S/C57H56N4O/c1-36-28-37(2)52(38(3)29-36)61-53(59-57(10)46-21-15-14-20-40(46)35-56(57,61)9)42-30-41(39-18-12-11-13-19-39)31-45(32-42)62-44-24-25-48-50(34-44)60(49-23-17-16-22-47(49)55(48,7)8)51-33-43(26-27-58-51)54(4,5)6/h11-34H,35H2,1-10H3/t56-,57+/m0/s1. The number of anilines is 4. The molecule has 0 unspecified atom stereocenters. The summed E-state index contributed by atoms with van der Waals surface area (Å²) in [6.07, 6.45) is 2.83. The SMILES string of the molecule is Cc1cc(C)c(N2C(c3cc(Oc4ccc5c(c4)N(c4cc(C(C)(C)C)ccn4)c4ccccc4C5(C)C)cc(-c4ccccc4)c3)=N[C@]3(C)c4ccccc4C[C@]23C)c(C)c1. The van der Waals surface area contributed by atoms with Crippen LogP contribution >= 0.6 is 0 Å². The number of aryl methyl sites for hydroxylation is 3. The van der Waals surface area contributed by atoms with Gasteiger partial charge >= 0.3 is 0 Å². The largest absolute Gasteiger partial charge is 0.457 e. The Kier molecular flexibility index (Phi) is 8.98. The van der Waals surface area contributed by atoms with Crippen molar-refractivity contribution in [2.24, 2.45) is 4.99 Å². The zero-order valence-corrected chi connectivity index (χ0v) is 37.8. The lowest BCUT2D eigenvalue weighted by atomic mass is 9.73. The smallest absolute Gasteiger partial charge is 0.137 e. The highest BCUT2D eigenvalue weighted by Gasteiger charge is 2.61. The molecule has 2 atom stereocenters. The lowest BCUT2D eigenvalue weighted by Crippen LogP contribution is -2.54. The van der Waals surface area contributed by atoms with Gasteiger partial charge in [-0.25, -0.2) is 4.98 Å². The van der Waals surface area contributed by atoms with E-state index in [2.05, 4.69) is 219 Å². The number of benzene rings is 6. The van der Waals surface area contributed by atoms with Crippen molar-refractivity contribution in [3.8, 4) is 22.6 Å². The van der Waals surface area contributed by atoms with Crippen molar-refractivity contribution in [1.29, 1.82) is 0 Å². The number of aromatic nitrogens is 1. The maximum Gasteiger partial charge on any atom is 0.137 e. The average Bonchev–Trinajstić information content (AvgIpc) is 3.60. The number of amidine groups is 1. The van der Waals surface area contributed by atoms with Crippen LogP contribution in [0.1, 0.15) is 98.5 Å². The maximum absolute atomic E-state index is 7.11. The molecule has 0 saturated heterocycles. The number of fused-ring (bicyclic) bond motifs is 5. The predicted molar refractivity (Wildman–Crippen MR) is 257 cm³/mol. The second kappa shape index (κ2) is 14.0. The van der Waals surface area contributed by atoms with Crippen LogP contribution in [0, 0.1) is 20.8 Å². The molecule has 5 nitrogen and oxygen atoms in total. The summed E-state index contributed by atoms with van der Waals surface area (Å²) in [4.78, 5) is 15.7. The molecule has 0 saturated carbocycles. The molecule has 0 radical (unpaired) electrons. The van der Waals surface area contributed by atoms with E-state index in [0.717, 1.165) is 57.6 Å². The minimum Gasteiger partial charge on any atom is -0.457 e. The molecule has 3 heterocycles. The molecule has 1 aliphatic carbocycles. The Hall–Kier alpha value is -6.46. The van der Waals surface area contributed by atoms with E-state index >= 15 is 0 Å². The zero-order valence-electron chi connectivity index (χ0n) is 37.8. The zero-order chi connectivity index (χ0) is 43.3. The van der Waals surface area contributed by atoms with Gasteiger partial charge in [0.2, 0.25) is 0 Å². The van der Waals surface area contributed by atoms with Crippen molar-refractivity contribution in [3.63, 3.8) is 0 Å². The summed E-state index contributed by atoms with van der Waals surface area (Å²) in [5.74, 6) is 3.36. The summed E-state index contributed by atoms with van der Waals surface area (Å²) in [5, 5.41) is 0. The lowest BCUT2D eigenvalue weighted by molar-refractivity contribution is 0.321. The fourth-order valence-corrected chi connectivity index (χ4v) is 10.8. The van der Waals surface area contributed by atoms with Gasteiger partial charge in [0.1, 0.15) is 28.7 Å². The molecule has 0 bridgehead atoms. The summed E-state index contributed by atoms with van der Waals surface area (Å²) in [7, 11) is 0. The minimum absolute atomic E-state index is 0.0333. The van der Waals surface area contributed by atoms with E-state index < -0.39 is 5.54 Å². The van der Waals surface area contributed by atoms with Gasteiger partial charge in [-0.2, -0.15) is 0 Å². The number of hydrogen-bond donors (Lipinski definition) is 0. The normalized spacial score (nSPS) is 19.7. The fraction of sp³-hybridized carbons (Fsp3) is 0.263. The van der Waals surface area contributed by atoms with E-state index in [0.29, 0.717) is 0 Å². The van der Waals surface area contributed by atoms with Crippen molar-refractivity contribution < 1.29 is 4.74 Å². The lowest BCUT2D eigenvalue weighted by Gasteiger charge is -2.43. The first-order chi connectivity index (χ1) is 29.6. The summed E-state index contributed by atoms with van der Waals surface area (Å²) in [6, 6.07) is 50.5. The van der Waals surface area contributed by atoms with Crippen LogP contribution in [-0.2, 0) is 22.8 Å². The molecule has 0 N–H and O–H groups in total. The first-order valence-corrected chi connectivity index (χ1v) is 22.0. The summed E-state index contributed by atoms with van der Waals surface area (Å²) >= 11 is 0. The molecular formula is C57H56N4O. The Balaban J connectivity index is 1.14. The number of hydrogen-bond acceptors (Lipinski definition) is 5. The summed E-state index contributed by atoms with van der Waals surface area (Å²) in [6.45, 7) is 22.8. The Bertz CT molecular complexity index is 2930. The fourth-order valence-electron chi connectivity index (χ4n) is 10.8. The van der Waals surface area contributed by atoms with Crippen LogP contribution in [0.25, 0.3) is 11.1 Å². The van der Waals surface area contributed by atoms with Crippen LogP contribution < -0.4 is 14.5 Å². The summed E-state index contributed by atoms with van der Waals surface area (Å²) < 4.78 is 7.11. The van der Waals surface area contributed by atoms with Crippen LogP contribution in [0.2, 0.25) is 0 Å². The van der Waals surface area contributed by atoms with Crippen LogP contribution in [0.15, 0.2) is 151 Å². The van der Waals surface area contributed by atoms with Gasteiger partial charge < -0.3 is 9.64 Å². The number of pyridine rings is 1. The highest BCUT2D eigenvalue weighted by molar-refractivity contribution is 6.15. The average molecular weight is 813 g/mol. The van der Waals surface area contributed by atoms with E-state index in [-0.39, 0.29) is 16.4 Å². The number of nitrogens with zero attached hydrogens (tertiary/aromatic N) is 4. The number of para-hydroxylation sites is 1. The minimum atomic E-state index is -0.476. The van der Waals surface area contributed by atoms with E-state index in [1.54, 1.807) is 0 Å². The first-order valence-electron chi connectivity index (χ1n) is 22.0. The van der Waals surface area contributed by atoms with Gasteiger partial charge in [-0.05, 0) is 139 Å². The Labute approximate surface area is 367 Å². The number of ether oxygens (including phenoxy) is 1. The van der Waals surface area contributed by atoms with E-state index in [9.17, 15) is 0 Å². The van der Waals surface area contributed by atoms with Crippen molar-refractivity contribution >= 4 is 28.7 Å². The third-order valence-corrected chi connectivity index (χ3v) is 14.1. The van der Waals surface area contributed by atoms with E-state index in [4.69, 9.17) is 14.7 Å². The van der Waals surface area contributed by atoms with Gasteiger partial charge in [-0.1, -0.05) is 131 Å². The van der Waals surface area contributed by atoms with Gasteiger partial charge in [0.25, 0.3) is 0 Å². The van der Waals surface area contributed by atoms with Crippen LogP contribution in [0.3, 0.4) is 0 Å². The predicted octanol–water partition coefficient (Wildman–Crippen LogP) is 14.4. The number of aliphatic imine (C=N–C) groups is 1. The molecular weight excluding hydrogens is 757 g/mol. The highest BCUT2D eigenvalue weighted by atomic mass is 16.5. The molecule has 6 aromatic carbocycles. The first kappa shape index (κ1) is 39.7. The van der Waals surface area contributed by atoms with Crippen molar-refractivity contribution in [2.45, 2.75) is 97.6 Å². The molecule has 10 rings (SSSR count). The molecule has 2 aliphatic heterocycles. The molecule has 5 heteroatoms. The van der Waals surface area contributed by atoms with Crippen LogP contribution in [0.5, 0.6) is 11.5 Å². The molecule has 0 amide bonds.